The van der Waals surface area contributed by atoms with E-state index >= 15 is 0 Å². The molecular formula is C11H9BrF3NO4. The Balaban J connectivity index is 2.22. The van der Waals surface area contributed by atoms with E-state index in [1.807, 2.05) is 0 Å². The number of carboxylic acids is 1. The van der Waals surface area contributed by atoms with Crippen LogP contribution in [0, 0.1) is 11.8 Å². The molecular weight excluding hydrogens is 347 g/mol. The fourth-order valence-corrected chi connectivity index (χ4v) is 2.51. The van der Waals surface area contributed by atoms with Gasteiger partial charge in [-0.05, 0) is 22.0 Å². The van der Waals surface area contributed by atoms with Crippen LogP contribution < -0.4 is 0 Å². The van der Waals surface area contributed by atoms with E-state index in [4.69, 9.17) is 9.52 Å². The summed E-state index contributed by atoms with van der Waals surface area (Å²) in [6.45, 7) is -1.18. The van der Waals surface area contributed by atoms with Crippen LogP contribution in [0.3, 0.4) is 0 Å². The number of nitrogens with zero attached hydrogens (tertiary/aromatic N) is 1. The number of carboxylic acid groups (broad SMARTS) is 1. The number of alkyl halides is 3. The normalized spacial score (nSPS) is 23.1. The number of furan rings is 1. The molecule has 1 fully saturated rings. The predicted octanol–water partition coefficient (Wildman–Crippen LogP) is 2.38. The minimum atomic E-state index is -4.67. The van der Waals surface area contributed by atoms with Crippen molar-refractivity contribution < 1.29 is 32.3 Å². The Morgan fingerprint density at radius 2 is 2.05 bits per heavy atom. The van der Waals surface area contributed by atoms with Gasteiger partial charge in [-0.3, -0.25) is 9.59 Å². The molecule has 0 spiro atoms. The average molecular weight is 356 g/mol. The van der Waals surface area contributed by atoms with Crippen LogP contribution >= 0.6 is 15.9 Å². The third kappa shape index (κ3) is 2.67. The molecule has 2 atom stereocenters. The van der Waals surface area contributed by atoms with Crippen LogP contribution in [0.1, 0.15) is 10.6 Å². The molecule has 1 aliphatic rings. The van der Waals surface area contributed by atoms with Crippen molar-refractivity contribution in [3.05, 3.63) is 22.6 Å². The van der Waals surface area contributed by atoms with Crippen LogP contribution in [0.5, 0.6) is 0 Å². The van der Waals surface area contributed by atoms with Crippen LogP contribution in [0.25, 0.3) is 0 Å². The van der Waals surface area contributed by atoms with Gasteiger partial charge in [-0.25, -0.2) is 0 Å². The Labute approximate surface area is 119 Å². The number of hydrogen-bond acceptors (Lipinski definition) is 3. The van der Waals surface area contributed by atoms with Crippen molar-refractivity contribution in [3.63, 3.8) is 0 Å². The number of rotatable bonds is 2. The first-order valence-corrected chi connectivity index (χ1v) is 6.33. The highest BCUT2D eigenvalue weighted by Gasteiger charge is 2.53. The largest absolute Gasteiger partial charge is 0.481 e. The lowest BCUT2D eigenvalue weighted by molar-refractivity contribution is -0.187. The standard InChI is InChI=1S/C11H9BrF3NO4/c12-7-1-2-20-8(7)9(17)16-3-5(10(18)19)6(4-16)11(13,14)15/h1-2,5-6H,3-4H2,(H,18,19)/t5-,6-/m1/s1. The molecule has 1 aromatic heterocycles. The van der Waals surface area contributed by atoms with E-state index in [0.717, 1.165) is 4.90 Å². The monoisotopic (exact) mass is 355 g/mol. The minimum Gasteiger partial charge on any atom is -0.481 e. The van der Waals surface area contributed by atoms with Crippen LogP contribution in [-0.4, -0.2) is 41.1 Å². The molecule has 0 saturated carbocycles. The molecule has 2 rings (SSSR count). The highest BCUT2D eigenvalue weighted by molar-refractivity contribution is 9.10. The summed E-state index contributed by atoms with van der Waals surface area (Å²) < 4.78 is 43.6. The Hall–Kier alpha value is -1.51. The van der Waals surface area contributed by atoms with Gasteiger partial charge in [0.05, 0.1) is 22.6 Å². The Morgan fingerprint density at radius 3 is 2.45 bits per heavy atom. The lowest BCUT2D eigenvalue weighted by Gasteiger charge is -2.18. The van der Waals surface area contributed by atoms with Crippen molar-refractivity contribution in [3.8, 4) is 0 Å². The molecule has 0 bridgehead atoms. The maximum absolute atomic E-state index is 12.8. The summed E-state index contributed by atoms with van der Waals surface area (Å²) in [6.07, 6.45) is -3.46. The minimum absolute atomic E-state index is 0.142. The van der Waals surface area contributed by atoms with E-state index in [1.165, 1.54) is 12.3 Å². The summed E-state index contributed by atoms with van der Waals surface area (Å²) in [5.41, 5.74) is 0. The summed E-state index contributed by atoms with van der Waals surface area (Å²) in [4.78, 5) is 23.8. The molecule has 2 heterocycles. The van der Waals surface area contributed by atoms with Gasteiger partial charge in [0.2, 0.25) is 5.76 Å². The molecule has 1 N–H and O–H groups in total. The zero-order valence-corrected chi connectivity index (χ0v) is 11.4. The third-order valence-corrected chi connectivity index (χ3v) is 3.78. The molecule has 110 valence electrons. The van der Waals surface area contributed by atoms with E-state index in [0.29, 0.717) is 4.47 Å². The lowest BCUT2D eigenvalue weighted by atomic mass is 9.96. The van der Waals surface area contributed by atoms with E-state index < -0.39 is 43.0 Å². The van der Waals surface area contributed by atoms with Gasteiger partial charge in [0.25, 0.3) is 5.91 Å². The molecule has 9 heteroatoms. The molecule has 0 unspecified atom stereocenters. The zero-order chi connectivity index (χ0) is 15.1. The van der Waals surface area contributed by atoms with E-state index in [9.17, 15) is 22.8 Å². The molecule has 1 amide bonds. The van der Waals surface area contributed by atoms with Crippen LogP contribution in [0.15, 0.2) is 21.2 Å². The Morgan fingerprint density at radius 1 is 1.40 bits per heavy atom. The highest BCUT2D eigenvalue weighted by Crippen LogP contribution is 2.38. The zero-order valence-electron chi connectivity index (χ0n) is 9.85. The van der Waals surface area contributed by atoms with E-state index in [1.54, 1.807) is 0 Å². The van der Waals surface area contributed by atoms with Crippen LogP contribution in [-0.2, 0) is 4.79 Å². The Bertz CT molecular complexity index is 542. The lowest BCUT2D eigenvalue weighted by Crippen LogP contribution is -2.34. The van der Waals surface area contributed by atoms with Gasteiger partial charge in [0.15, 0.2) is 0 Å². The van der Waals surface area contributed by atoms with Crippen LogP contribution in [0.2, 0.25) is 0 Å². The number of halogens is 4. The van der Waals surface area contributed by atoms with Gasteiger partial charge >= 0.3 is 12.1 Å². The molecule has 20 heavy (non-hydrogen) atoms. The fraction of sp³-hybridized carbons (Fsp3) is 0.455. The predicted molar refractivity (Wildman–Crippen MR) is 63.0 cm³/mol. The fourth-order valence-electron chi connectivity index (χ4n) is 2.14. The molecule has 1 aliphatic heterocycles. The maximum atomic E-state index is 12.8. The van der Waals surface area contributed by atoms with Crippen molar-refractivity contribution in [1.82, 2.24) is 4.90 Å². The molecule has 1 saturated heterocycles. The molecule has 0 aliphatic carbocycles. The quantitative estimate of drug-likeness (QED) is 0.884. The third-order valence-electron chi connectivity index (χ3n) is 3.16. The van der Waals surface area contributed by atoms with Gasteiger partial charge in [-0.1, -0.05) is 0 Å². The molecule has 0 aromatic carbocycles. The topological polar surface area (TPSA) is 70.8 Å². The smallest absolute Gasteiger partial charge is 0.394 e. The average Bonchev–Trinajstić information content (AvgIpc) is 2.92. The van der Waals surface area contributed by atoms with Crippen molar-refractivity contribution >= 4 is 27.8 Å². The van der Waals surface area contributed by atoms with E-state index in [-0.39, 0.29) is 5.76 Å². The number of amides is 1. The summed E-state index contributed by atoms with van der Waals surface area (Å²) in [5.74, 6) is -6.21. The second-order valence-electron chi connectivity index (χ2n) is 4.40. The van der Waals surface area contributed by atoms with Crippen molar-refractivity contribution in [2.24, 2.45) is 11.8 Å². The first-order valence-electron chi connectivity index (χ1n) is 5.53. The second-order valence-corrected chi connectivity index (χ2v) is 5.25. The summed E-state index contributed by atoms with van der Waals surface area (Å²) in [5, 5.41) is 8.86. The van der Waals surface area contributed by atoms with Crippen LogP contribution in [0.4, 0.5) is 13.2 Å². The van der Waals surface area contributed by atoms with Gasteiger partial charge < -0.3 is 14.4 Å². The number of hydrogen-bond donors (Lipinski definition) is 1. The van der Waals surface area contributed by atoms with Gasteiger partial charge in [0.1, 0.15) is 0 Å². The first-order chi connectivity index (χ1) is 9.21. The Kier molecular flexibility index (Phi) is 3.81. The van der Waals surface area contributed by atoms with Gasteiger partial charge in [-0.15, -0.1) is 0 Å². The van der Waals surface area contributed by atoms with E-state index in [2.05, 4.69) is 15.9 Å². The van der Waals surface area contributed by atoms with Crippen molar-refractivity contribution in [2.75, 3.05) is 13.1 Å². The SMILES string of the molecule is O=C(O)[C@@H]1CN(C(=O)c2occc2Br)C[C@H]1C(F)(F)F. The highest BCUT2D eigenvalue weighted by atomic mass is 79.9. The summed E-state index contributed by atoms with van der Waals surface area (Å²) in [6, 6.07) is 1.43. The summed E-state index contributed by atoms with van der Waals surface area (Å²) >= 11 is 3.03. The second kappa shape index (κ2) is 5.12. The number of carbonyl (C=O) groups is 2. The molecule has 1 aromatic rings. The molecule has 0 radical (unpaired) electrons. The van der Waals surface area contributed by atoms with Gasteiger partial charge in [0, 0.05) is 13.1 Å². The molecule has 5 nitrogen and oxygen atoms in total. The van der Waals surface area contributed by atoms with Crippen molar-refractivity contribution in [1.29, 1.82) is 0 Å². The number of carbonyl (C=O) groups excluding carboxylic acids is 1. The summed E-state index contributed by atoms with van der Waals surface area (Å²) in [7, 11) is 0. The van der Waals surface area contributed by atoms with Gasteiger partial charge in [-0.2, -0.15) is 13.2 Å². The first kappa shape index (κ1) is 14.9. The maximum Gasteiger partial charge on any atom is 0.394 e. The number of likely N-dealkylation sites (tertiary alicyclic amines) is 1. The number of aliphatic carboxylic acids is 1. The van der Waals surface area contributed by atoms with Crippen molar-refractivity contribution in [2.45, 2.75) is 6.18 Å².